The quantitative estimate of drug-likeness (QED) is 0.494. The monoisotopic (exact) mass is 432 g/mol. The first-order valence-electron chi connectivity index (χ1n) is 8.67. The number of nitrogens with one attached hydrogen (secondary N) is 1. The van der Waals surface area contributed by atoms with Crippen LogP contribution in [0.5, 0.6) is 11.5 Å². The van der Waals surface area contributed by atoms with E-state index >= 15 is 0 Å². The number of aromatic amines is 1. The van der Waals surface area contributed by atoms with Crippen LogP contribution in [0, 0.1) is 5.82 Å². The third-order valence-electron chi connectivity index (χ3n) is 4.75. The molecule has 0 aliphatic carbocycles. The number of rotatable bonds is 5. The number of nitrogens with two attached hydrogens (primary N) is 1. The fourth-order valence-corrected chi connectivity index (χ4v) is 3.97. The lowest BCUT2D eigenvalue weighted by Crippen LogP contribution is -2.18. The van der Waals surface area contributed by atoms with Gasteiger partial charge in [-0.25, -0.2) is 22.7 Å². The number of imidazole rings is 1. The van der Waals surface area contributed by atoms with Gasteiger partial charge in [0.2, 0.25) is 10.0 Å². The molecule has 0 saturated carbocycles. The molecular weight excluding hydrogens is 415 g/mol. The smallest absolute Gasteiger partial charge is 0.326 e. The van der Waals surface area contributed by atoms with Crippen molar-refractivity contribution in [1.29, 1.82) is 0 Å². The summed E-state index contributed by atoms with van der Waals surface area (Å²) in [5, 5.41) is 5.63. The molecule has 0 aliphatic heterocycles. The second kappa shape index (κ2) is 7.11. The normalized spacial score (nSPS) is 11.9. The lowest BCUT2D eigenvalue weighted by Gasteiger charge is -2.11. The van der Waals surface area contributed by atoms with Crippen molar-refractivity contribution in [2.45, 2.75) is 11.4 Å². The molecular formula is C19H17FN4O5S. The van der Waals surface area contributed by atoms with Gasteiger partial charge in [0.15, 0.2) is 11.5 Å². The van der Waals surface area contributed by atoms with Crippen molar-refractivity contribution < 1.29 is 22.3 Å². The number of primary sulfonamides is 1. The van der Waals surface area contributed by atoms with Gasteiger partial charge in [-0.3, -0.25) is 9.55 Å². The molecule has 0 spiro atoms. The fraction of sp³-hybridized carbons (Fsp3) is 0.158. The highest BCUT2D eigenvalue weighted by Gasteiger charge is 2.17. The molecule has 0 saturated heterocycles. The van der Waals surface area contributed by atoms with Crippen molar-refractivity contribution in [3.05, 3.63) is 58.4 Å². The first kappa shape index (κ1) is 19.9. The van der Waals surface area contributed by atoms with Crippen LogP contribution in [0.15, 0.2) is 46.2 Å². The van der Waals surface area contributed by atoms with Crippen LogP contribution in [-0.4, -0.2) is 37.2 Å². The number of aromatic nitrogens is 3. The highest BCUT2D eigenvalue weighted by molar-refractivity contribution is 7.89. The number of nitrogens with zero attached hydrogens (tertiary/aromatic N) is 2. The molecule has 4 aromatic rings. The second-order valence-corrected chi connectivity index (χ2v) is 8.10. The molecule has 30 heavy (non-hydrogen) atoms. The molecule has 2 heterocycles. The van der Waals surface area contributed by atoms with E-state index in [1.807, 2.05) is 0 Å². The summed E-state index contributed by atoms with van der Waals surface area (Å²) in [5.74, 6) is -0.0363. The van der Waals surface area contributed by atoms with Crippen molar-refractivity contribution in [1.82, 2.24) is 14.5 Å². The van der Waals surface area contributed by atoms with Crippen LogP contribution >= 0.6 is 0 Å². The van der Waals surface area contributed by atoms with E-state index in [0.29, 0.717) is 39.0 Å². The standard InChI is InChI=1S/C19H17FN4O5S/c1-28-15-6-11-13(7-16(15)29-2)22-8-14-18(11)24(19(25)23-14)9-10-3-4-17(12(20)5-10)30(21,26)27/h3-8H,9H2,1-2H3,(H,23,25)(H2,21,26,27). The zero-order valence-corrected chi connectivity index (χ0v) is 16.8. The Morgan fingerprint density at radius 3 is 2.50 bits per heavy atom. The van der Waals surface area contributed by atoms with E-state index in [0.717, 1.165) is 12.1 Å². The predicted octanol–water partition coefficient (Wildman–Crippen LogP) is 1.73. The van der Waals surface area contributed by atoms with Crippen molar-refractivity contribution in [2.75, 3.05) is 14.2 Å². The number of methoxy groups -OCH3 is 2. The maximum Gasteiger partial charge on any atom is 0.326 e. The Morgan fingerprint density at radius 1 is 1.17 bits per heavy atom. The minimum atomic E-state index is -4.18. The second-order valence-electron chi connectivity index (χ2n) is 6.57. The van der Waals surface area contributed by atoms with Gasteiger partial charge in [0.25, 0.3) is 0 Å². The summed E-state index contributed by atoms with van der Waals surface area (Å²) in [6.45, 7) is -0.00584. The average molecular weight is 432 g/mol. The van der Waals surface area contributed by atoms with E-state index in [4.69, 9.17) is 14.6 Å². The molecule has 0 fully saturated rings. The molecule has 2 aromatic heterocycles. The molecule has 4 rings (SSSR count). The third-order valence-corrected chi connectivity index (χ3v) is 5.69. The number of sulfonamides is 1. The van der Waals surface area contributed by atoms with Crippen LogP contribution in [0.25, 0.3) is 21.9 Å². The molecule has 0 aliphatic rings. The molecule has 3 N–H and O–H groups in total. The number of halogens is 1. The number of benzene rings is 2. The highest BCUT2D eigenvalue weighted by atomic mass is 32.2. The largest absolute Gasteiger partial charge is 0.493 e. The van der Waals surface area contributed by atoms with E-state index in [9.17, 15) is 17.6 Å². The van der Waals surface area contributed by atoms with E-state index in [1.165, 1.54) is 31.0 Å². The van der Waals surface area contributed by atoms with Crippen LogP contribution in [-0.2, 0) is 16.6 Å². The fourth-order valence-electron chi connectivity index (χ4n) is 3.38. The summed E-state index contributed by atoms with van der Waals surface area (Å²) < 4.78 is 49.1. The zero-order chi connectivity index (χ0) is 21.6. The Labute approximate surface area is 169 Å². The van der Waals surface area contributed by atoms with Crippen molar-refractivity contribution >= 4 is 32.0 Å². The van der Waals surface area contributed by atoms with Crippen LogP contribution in [0.2, 0.25) is 0 Å². The van der Waals surface area contributed by atoms with Crippen LogP contribution in [0.1, 0.15) is 5.56 Å². The van der Waals surface area contributed by atoms with Gasteiger partial charge in [-0.05, 0) is 23.8 Å². The SMILES string of the molecule is COc1cc2ncc3[nH]c(=O)n(Cc4ccc(S(N)(=O)=O)c(F)c4)c3c2cc1OC. The highest BCUT2D eigenvalue weighted by Crippen LogP contribution is 2.34. The summed E-state index contributed by atoms with van der Waals surface area (Å²) in [6, 6.07) is 6.92. The van der Waals surface area contributed by atoms with Crippen LogP contribution < -0.4 is 20.3 Å². The number of hydrogen-bond acceptors (Lipinski definition) is 6. The minimum Gasteiger partial charge on any atom is -0.493 e. The summed E-state index contributed by atoms with van der Waals surface area (Å²) >= 11 is 0. The molecule has 0 amide bonds. The molecule has 0 radical (unpaired) electrons. The summed E-state index contributed by atoms with van der Waals surface area (Å²) in [7, 11) is -1.18. The van der Waals surface area contributed by atoms with Gasteiger partial charge in [-0.2, -0.15) is 0 Å². The Bertz CT molecular complexity index is 1460. The van der Waals surface area contributed by atoms with E-state index in [1.54, 1.807) is 12.1 Å². The average Bonchev–Trinajstić information content (AvgIpc) is 3.01. The number of hydrogen-bond donors (Lipinski definition) is 2. The molecule has 2 aromatic carbocycles. The number of ether oxygens (including phenoxy) is 2. The third kappa shape index (κ3) is 3.27. The van der Waals surface area contributed by atoms with E-state index in [2.05, 4.69) is 9.97 Å². The first-order valence-corrected chi connectivity index (χ1v) is 10.2. The lowest BCUT2D eigenvalue weighted by molar-refractivity contribution is 0.356. The molecule has 156 valence electrons. The molecule has 9 nitrogen and oxygen atoms in total. The van der Waals surface area contributed by atoms with Gasteiger partial charge < -0.3 is 14.5 Å². The first-order chi connectivity index (χ1) is 14.2. The summed E-state index contributed by atoms with van der Waals surface area (Å²) in [5.41, 5.74) is 1.56. The predicted molar refractivity (Wildman–Crippen MR) is 108 cm³/mol. The van der Waals surface area contributed by atoms with Gasteiger partial charge in [-0.15, -0.1) is 0 Å². The molecule has 0 bridgehead atoms. The topological polar surface area (TPSA) is 129 Å². The van der Waals surface area contributed by atoms with Crippen molar-refractivity contribution in [2.24, 2.45) is 5.14 Å². The van der Waals surface area contributed by atoms with Gasteiger partial charge in [0.1, 0.15) is 10.7 Å². The summed E-state index contributed by atoms with van der Waals surface area (Å²) in [4.78, 5) is 19.0. The number of pyridine rings is 1. The molecule has 11 heteroatoms. The zero-order valence-electron chi connectivity index (χ0n) is 16.0. The van der Waals surface area contributed by atoms with Crippen LogP contribution in [0.4, 0.5) is 4.39 Å². The van der Waals surface area contributed by atoms with Crippen LogP contribution in [0.3, 0.4) is 0 Å². The van der Waals surface area contributed by atoms with E-state index < -0.39 is 26.4 Å². The van der Waals surface area contributed by atoms with Gasteiger partial charge in [-0.1, -0.05) is 6.07 Å². The maximum atomic E-state index is 14.2. The van der Waals surface area contributed by atoms with Gasteiger partial charge in [0.05, 0.1) is 43.5 Å². The Hall–Kier alpha value is -3.44. The van der Waals surface area contributed by atoms with Crippen molar-refractivity contribution in [3.63, 3.8) is 0 Å². The Kier molecular flexibility index (Phi) is 4.71. The number of H-pyrrole nitrogens is 1. The lowest BCUT2D eigenvalue weighted by atomic mass is 10.1. The maximum absolute atomic E-state index is 14.2. The molecule has 0 unspecified atom stereocenters. The van der Waals surface area contributed by atoms with Gasteiger partial charge in [0, 0.05) is 11.5 Å². The van der Waals surface area contributed by atoms with E-state index in [-0.39, 0.29) is 6.54 Å². The Balaban J connectivity index is 1.91. The minimum absolute atomic E-state index is 0.00584. The Morgan fingerprint density at radius 2 is 1.87 bits per heavy atom. The number of fused-ring (bicyclic) bond motifs is 3. The van der Waals surface area contributed by atoms with Gasteiger partial charge >= 0.3 is 5.69 Å². The molecule has 0 atom stereocenters. The van der Waals surface area contributed by atoms with Crippen molar-refractivity contribution in [3.8, 4) is 11.5 Å². The summed E-state index contributed by atoms with van der Waals surface area (Å²) in [6.07, 6.45) is 1.52.